The highest BCUT2D eigenvalue weighted by molar-refractivity contribution is 6.00. The van der Waals surface area contributed by atoms with Crippen LogP contribution in [-0.2, 0) is 14.3 Å². The van der Waals surface area contributed by atoms with E-state index < -0.39 is 5.92 Å². The van der Waals surface area contributed by atoms with Crippen LogP contribution in [0.4, 0.5) is 5.69 Å². The highest BCUT2D eigenvalue weighted by atomic mass is 16.5. The van der Waals surface area contributed by atoms with Gasteiger partial charge in [0.1, 0.15) is 5.75 Å². The lowest BCUT2D eigenvalue weighted by Gasteiger charge is -2.11. The zero-order chi connectivity index (χ0) is 17.2. The van der Waals surface area contributed by atoms with Crippen LogP contribution in [0.2, 0.25) is 0 Å². The summed E-state index contributed by atoms with van der Waals surface area (Å²) in [6.07, 6.45) is 0. The average molecular weight is 321 g/mol. The summed E-state index contributed by atoms with van der Waals surface area (Å²) >= 11 is 0. The highest BCUT2D eigenvalue weighted by Crippen LogP contribution is 2.22. The minimum absolute atomic E-state index is 0.0327. The maximum Gasteiger partial charge on any atom is 0.314 e. The lowest BCUT2D eigenvalue weighted by Crippen LogP contribution is -2.29. The zero-order valence-electron chi connectivity index (χ0n) is 13.9. The molecule has 1 aromatic carbocycles. The van der Waals surface area contributed by atoms with Crippen LogP contribution in [0.1, 0.15) is 20.8 Å². The molecule has 0 spiro atoms. The minimum Gasteiger partial charge on any atom is -0.495 e. The summed E-state index contributed by atoms with van der Waals surface area (Å²) in [6.45, 7) is 5.42. The SMILES string of the molecule is CCOC(=O)[C@@H](C)/C(C)=N\NC(=O)CNc1ccccc1OC. The number of ether oxygens (including phenoxy) is 2. The molecule has 0 heterocycles. The number of nitrogens with one attached hydrogen (secondary N) is 2. The zero-order valence-corrected chi connectivity index (χ0v) is 13.9. The summed E-state index contributed by atoms with van der Waals surface area (Å²) in [5.74, 6) is -0.546. The fraction of sp³-hybridized carbons (Fsp3) is 0.438. The Bertz CT molecular complexity index is 572. The molecule has 0 unspecified atom stereocenters. The van der Waals surface area contributed by atoms with Gasteiger partial charge in [-0.3, -0.25) is 9.59 Å². The van der Waals surface area contributed by atoms with Crippen LogP contribution in [0, 0.1) is 5.92 Å². The molecule has 7 heteroatoms. The number of esters is 1. The van der Waals surface area contributed by atoms with Crippen molar-refractivity contribution in [3.05, 3.63) is 24.3 Å². The van der Waals surface area contributed by atoms with Gasteiger partial charge < -0.3 is 14.8 Å². The van der Waals surface area contributed by atoms with E-state index in [0.717, 1.165) is 0 Å². The molecule has 0 bridgehead atoms. The Morgan fingerprint density at radius 1 is 1.30 bits per heavy atom. The van der Waals surface area contributed by atoms with Gasteiger partial charge in [-0.15, -0.1) is 0 Å². The van der Waals surface area contributed by atoms with Crippen LogP contribution in [-0.4, -0.2) is 37.8 Å². The molecule has 0 aliphatic heterocycles. The second-order valence-corrected chi connectivity index (χ2v) is 4.82. The molecule has 0 aliphatic rings. The van der Waals surface area contributed by atoms with Crippen molar-refractivity contribution in [2.75, 3.05) is 25.6 Å². The monoisotopic (exact) mass is 321 g/mol. The number of hydrazone groups is 1. The molecule has 1 aromatic rings. The molecule has 0 saturated heterocycles. The van der Waals surface area contributed by atoms with Crippen molar-refractivity contribution in [3.63, 3.8) is 0 Å². The van der Waals surface area contributed by atoms with Crippen LogP contribution in [0.15, 0.2) is 29.4 Å². The molecule has 0 fully saturated rings. The average Bonchev–Trinajstić information content (AvgIpc) is 2.57. The third-order valence-corrected chi connectivity index (χ3v) is 3.17. The molecule has 2 N–H and O–H groups in total. The van der Waals surface area contributed by atoms with Crippen molar-refractivity contribution in [2.45, 2.75) is 20.8 Å². The lowest BCUT2D eigenvalue weighted by atomic mass is 10.1. The molecule has 126 valence electrons. The van der Waals surface area contributed by atoms with Gasteiger partial charge in [-0.05, 0) is 32.9 Å². The van der Waals surface area contributed by atoms with Crippen LogP contribution in [0.5, 0.6) is 5.75 Å². The van der Waals surface area contributed by atoms with Crippen molar-refractivity contribution >= 4 is 23.3 Å². The van der Waals surface area contributed by atoms with Crippen molar-refractivity contribution < 1.29 is 19.1 Å². The number of amides is 1. The first-order valence-corrected chi connectivity index (χ1v) is 7.36. The predicted octanol–water partition coefficient (Wildman–Crippen LogP) is 1.80. The van der Waals surface area contributed by atoms with Gasteiger partial charge in [0, 0.05) is 5.71 Å². The fourth-order valence-electron chi connectivity index (χ4n) is 1.69. The standard InChI is InChI=1S/C16H23N3O4/c1-5-23-16(21)11(2)12(3)18-19-15(20)10-17-13-8-6-7-9-14(13)22-4/h6-9,11,17H,5,10H2,1-4H3,(H,19,20)/b18-12-/t11-/m0/s1. The molecule has 1 amide bonds. The highest BCUT2D eigenvalue weighted by Gasteiger charge is 2.17. The van der Waals surface area contributed by atoms with Crippen LogP contribution >= 0.6 is 0 Å². The Morgan fingerprint density at radius 3 is 2.65 bits per heavy atom. The quantitative estimate of drug-likeness (QED) is 0.433. The second kappa shape index (κ2) is 9.45. The summed E-state index contributed by atoms with van der Waals surface area (Å²) in [4.78, 5) is 23.4. The van der Waals surface area contributed by atoms with Gasteiger partial charge in [0.25, 0.3) is 5.91 Å². The Labute approximate surface area is 136 Å². The first-order valence-electron chi connectivity index (χ1n) is 7.36. The van der Waals surface area contributed by atoms with Gasteiger partial charge in [0.05, 0.1) is 31.9 Å². The number of methoxy groups -OCH3 is 1. The second-order valence-electron chi connectivity index (χ2n) is 4.82. The third kappa shape index (κ3) is 5.98. The van der Waals surface area contributed by atoms with Crippen molar-refractivity contribution in [2.24, 2.45) is 11.0 Å². The van der Waals surface area contributed by atoms with E-state index in [-0.39, 0.29) is 18.4 Å². The van der Waals surface area contributed by atoms with Gasteiger partial charge in [0.2, 0.25) is 0 Å². The van der Waals surface area contributed by atoms with E-state index in [1.807, 2.05) is 18.2 Å². The smallest absolute Gasteiger partial charge is 0.314 e. The van der Waals surface area contributed by atoms with Crippen LogP contribution in [0.25, 0.3) is 0 Å². The molecular weight excluding hydrogens is 298 g/mol. The topological polar surface area (TPSA) is 89.0 Å². The third-order valence-electron chi connectivity index (χ3n) is 3.17. The van der Waals surface area contributed by atoms with E-state index >= 15 is 0 Å². The molecule has 0 aromatic heterocycles. The Kier molecular flexibility index (Phi) is 7.59. The number of rotatable bonds is 8. The van der Waals surface area contributed by atoms with Crippen molar-refractivity contribution in [3.8, 4) is 5.75 Å². The van der Waals surface area contributed by atoms with Crippen molar-refractivity contribution in [1.29, 1.82) is 0 Å². The van der Waals surface area contributed by atoms with Gasteiger partial charge >= 0.3 is 5.97 Å². The molecule has 0 aliphatic carbocycles. The Balaban J connectivity index is 2.50. The van der Waals surface area contributed by atoms with Gasteiger partial charge in [-0.1, -0.05) is 12.1 Å². The normalized spacial score (nSPS) is 12.3. The van der Waals surface area contributed by atoms with E-state index in [1.54, 1.807) is 33.9 Å². The fourth-order valence-corrected chi connectivity index (χ4v) is 1.69. The van der Waals surface area contributed by atoms with Gasteiger partial charge in [-0.2, -0.15) is 5.10 Å². The summed E-state index contributed by atoms with van der Waals surface area (Å²) < 4.78 is 10.1. The number of hydrogen-bond acceptors (Lipinski definition) is 6. The largest absolute Gasteiger partial charge is 0.495 e. The maximum atomic E-state index is 11.8. The molecule has 0 radical (unpaired) electrons. The summed E-state index contributed by atoms with van der Waals surface area (Å²) in [5.41, 5.74) is 3.60. The van der Waals surface area contributed by atoms with E-state index in [4.69, 9.17) is 9.47 Å². The number of carbonyl (C=O) groups excluding carboxylic acids is 2. The molecule has 1 rings (SSSR count). The summed E-state index contributed by atoms with van der Waals surface area (Å²) in [7, 11) is 1.56. The van der Waals surface area contributed by atoms with E-state index in [0.29, 0.717) is 23.8 Å². The molecule has 1 atom stereocenters. The number of hydrogen-bond donors (Lipinski definition) is 2. The van der Waals surface area contributed by atoms with Crippen molar-refractivity contribution in [1.82, 2.24) is 5.43 Å². The predicted molar refractivity (Wildman–Crippen MR) is 88.5 cm³/mol. The van der Waals surface area contributed by atoms with Crippen LogP contribution in [0.3, 0.4) is 0 Å². The number of para-hydroxylation sites is 2. The van der Waals surface area contributed by atoms with Gasteiger partial charge in [0.15, 0.2) is 0 Å². The Hall–Kier alpha value is -2.57. The number of benzene rings is 1. The minimum atomic E-state index is -0.502. The van der Waals surface area contributed by atoms with E-state index in [2.05, 4.69) is 15.8 Å². The summed E-state index contributed by atoms with van der Waals surface area (Å²) in [6, 6.07) is 7.29. The molecule has 23 heavy (non-hydrogen) atoms. The first kappa shape index (κ1) is 18.5. The number of carbonyl (C=O) groups is 2. The number of anilines is 1. The van der Waals surface area contributed by atoms with Gasteiger partial charge in [-0.25, -0.2) is 5.43 Å². The summed E-state index contributed by atoms with van der Waals surface area (Å²) in [5, 5.41) is 6.89. The van der Waals surface area contributed by atoms with Crippen LogP contribution < -0.4 is 15.5 Å². The van der Waals surface area contributed by atoms with E-state index in [9.17, 15) is 9.59 Å². The Morgan fingerprint density at radius 2 is 2.00 bits per heavy atom. The maximum absolute atomic E-state index is 11.8. The van der Waals surface area contributed by atoms with E-state index in [1.165, 1.54) is 0 Å². The first-order chi connectivity index (χ1) is 11.0. The molecule has 7 nitrogen and oxygen atoms in total. The molecular formula is C16H23N3O4. The number of nitrogens with zero attached hydrogens (tertiary/aromatic N) is 1. The molecule has 0 saturated carbocycles. The lowest BCUT2D eigenvalue weighted by molar-refractivity contribution is -0.145.